The molecule has 0 atom stereocenters. The van der Waals surface area contributed by atoms with Crippen LogP contribution in [0.1, 0.15) is 5.56 Å². The van der Waals surface area contributed by atoms with Crippen molar-refractivity contribution in [1.29, 1.82) is 0 Å². The maximum atomic E-state index is 12.4. The molecule has 2 aromatic heterocycles. The van der Waals surface area contributed by atoms with Crippen LogP contribution in [-0.4, -0.2) is 51.9 Å². The van der Waals surface area contributed by atoms with E-state index in [0.717, 1.165) is 29.5 Å². The van der Waals surface area contributed by atoms with Crippen molar-refractivity contribution in [3.05, 3.63) is 59.9 Å². The summed E-state index contributed by atoms with van der Waals surface area (Å²) in [4.78, 5) is 20.8. The normalized spacial score (nSPS) is 14.5. The van der Waals surface area contributed by atoms with Gasteiger partial charge >= 0.3 is 6.03 Å². The molecule has 1 aromatic carbocycles. The Kier molecular flexibility index (Phi) is 4.83. The minimum atomic E-state index is -0.0313. The number of thiazole rings is 1. The van der Waals surface area contributed by atoms with E-state index in [1.54, 1.807) is 17.5 Å². The number of aromatic nitrogens is 3. The summed E-state index contributed by atoms with van der Waals surface area (Å²) in [5, 5.41) is 10.3. The van der Waals surface area contributed by atoms with Crippen molar-refractivity contribution < 1.29 is 4.79 Å². The molecular formula is C18H20N6OS. The van der Waals surface area contributed by atoms with E-state index < -0.39 is 0 Å². The summed E-state index contributed by atoms with van der Waals surface area (Å²) >= 11 is 1.63. The van der Waals surface area contributed by atoms with Gasteiger partial charge in [0.15, 0.2) is 5.13 Å². The fourth-order valence-corrected chi connectivity index (χ4v) is 3.63. The van der Waals surface area contributed by atoms with Crippen LogP contribution < -0.4 is 10.2 Å². The number of carbonyl (C=O) groups is 1. The topological polar surface area (TPSA) is 66.3 Å². The number of rotatable bonds is 4. The van der Waals surface area contributed by atoms with Gasteiger partial charge in [-0.2, -0.15) is 5.10 Å². The van der Waals surface area contributed by atoms with E-state index in [1.807, 2.05) is 57.7 Å². The lowest BCUT2D eigenvalue weighted by Gasteiger charge is -2.34. The van der Waals surface area contributed by atoms with Gasteiger partial charge in [-0.3, -0.25) is 0 Å². The van der Waals surface area contributed by atoms with Crippen LogP contribution in [0.25, 0.3) is 5.69 Å². The summed E-state index contributed by atoms with van der Waals surface area (Å²) in [5.41, 5.74) is 1.98. The van der Waals surface area contributed by atoms with Crippen LogP contribution in [0.5, 0.6) is 0 Å². The lowest BCUT2D eigenvalue weighted by atomic mass is 10.3. The molecule has 2 amide bonds. The van der Waals surface area contributed by atoms with Gasteiger partial charge in [-0.1, -0.05) is 18.2 Å². The SMILES string of the molecule is O=C(NCc1cnn(-c2ccccc2)c1)N1CCN(c2nccs2)CC1. The number of anilines is 1. The van der Waals surface area contributed by atoms with Gasteiger partial charge in [0.1, 0.15) is 0 Å². The minimum absolute atomic E-state index is 0.0313. The predicted octanol–water partition coefficient (Wildman–Crippen LogP) is 2.36. The molecule has 1 saturated heterocycles. The van der Waals surface area contributed by atoms with Gasteiger partial charge in [0.25, 0.3) is 0 Å². The van der Waals surface area contributed by atoms with Crippen molar-refractivity contribution in [2.45, 2.75) is 6.54 Å². The molecule has 1 aliphatic rings. The third kappa shape index (κ3) is 3.70. The van der Waals surface area contributed by atoms with Gasteiger partial charge in [0.05, 0.1) is 11.9 Å². The Morgan fingerprint density at radius 3 is 2.69 bits per heavy atom. The molecule has 0 saturated carbocycles. The first-order valence-electron chi connectivity index (χ1n) is 8.56. The molecule has 0 unspecified atom stereocenters. The second-order valence-electron chi connectivity index (χ2n) is 6.08. The number of nitrogens with zero attached hydrogens (tertiary/aromatic N) is 5. The number of hydrogen-bond acceptors (Lipinski definition) is 5. The molecule has 0 radical (unpaired) electrons. The molecule has 4 rings (SSSR count). The Bertz CT molecular complexity index is 840. The van der Waals surface area contributed by atoms with Crippen molar-refractivity contribution in [3.63, 3.8) is 0 Å². The minimum Gasteiger partial charge on any atom is -0.345 e. The number of piperazine rings is 1. The highest BCUT2D eigenvalue weighted by Crippen LogP contribution is 2.18. The maximum absolute atomic E-state index is 12.4. The summed E-state index contributed by atoms with van der Waals surface area (Å²) in [6.07, 6.45) is 5.54. The highest BCUT2D eigenvalue weighted by Gasteiger charge is 2.22. The Hall–Kier alpha value is -2.87. The number of urea groups is 1. The van der Waals surface area contributed by atoms with Crippen molar-refractivity contribution in [2.75, 3.05) is 31.1 Å². The molecule has 3 aromatic rings. The van der Waals surface area contributed by atoms with E-state index in [1.165, 1.54) is 0 Å². The monoisotopic (exact) mass is 368 g/mol. The Morgan fingerprint density at radius 2 is 1.96 bits per heavy atom. The lowest BCUT2D eigenvalue weighted by Crippen LogP contribution is -2.51. The fourth-order valence-electron chi connectivity index (χ4n) is 2.94. The standard InChI is InChI=1S/C18H20N6OS/c25-17(22-7-9-23(10-8-22)18-19-6-11-26-18)20-12-15-13-21-24(14-15)16-4-2-1-3-5-16/h1-6,11,13-14H,7-10,12H2,(H,20,25). The van der Waals surface area contributed by atoms with Crippen LogP contribution in [0.4, 0.5) is 9.93 Å². The van der Waals surface area contributed by atoms with E-state index in [9.17, 15) is 4.79 Å². The summed E-state index contributed by atoms with van der Waals surface area (Å²) < 4.78 is 1.81. The first kappa shape index (κ1) is 16.6. The van der Waals surface area contributed by atoms with Crippen molar-refractivity contribution >= 4 is 22.5 Å². The second-order valence-corrected chi connectivity index (χ2v) is 6.95. The number of nitrogens with one attached hydrogen (secondary N) is 1. The first-order valence-corrected chi connectivity index (χ1v) is 9.44. The van der Waals surface area contributed by atoms with Gasteiger partial charge in [-0.15, -0.1) is 11.3 Å². The Morgan fingerprint density at radius 1 is 1.15 bits per heavy atom. The Labute approximate surface area is 155 Å². The highest BCUT2D eigenvalue weighted by molar-refractivity contribution is 7.13. The number of hydrogen-bond donors (Lipinski definition) is 1. The first-order chi connectivity index (χ1) is 12.8. The molecule has 1 fully saturated rings. The van der Waals surface area contributed by atoms with Crippen LogP contribution in [0.15, 0.2) is 54.3 Å². The highest BCUT2D eigenvalue weighted by atomic mass is 32.1. The fraction of sp³-hybridized carbons (Fsp3) is 0.278. The molecule has 8 heteroatoms. The van der Waals surface area contributed by atoms with E-state index in [2.05, 4.69) is 20.3 Å². The zero-order valence-electron chi connectivity index (χ0n) is 14.3. The number of para-hydroxylation sites is 1. The second kappa shape index (κ2) is 7.57. The lowest BCUT2D eigenvalue weighted by molar-refractivity contribution is 0.194. The third-order valence-electron chi connectivity index (χ3n) is 4.36. The van der Waals surface area contributed by atoms with Gasteiger partial charge in [-0.05, 0) is 12.1 Å². The molecule has 26 heavy (non-hydrogen) atoms. The third-order valence-corrected chi connectivity index (χ3v) is 5.19. The van der Waals surface area contributed by atoms with Crippen LogP contribution >= 0.6 is 11.3 Å². The smallest absolute Gasteiger partial charge is 0.317 e. The molecule has 134 valence electrons. The summed E-state index contributed by atoms with van der Waals surface area (Å²) in [7, 11) is 0. The van der Waals surface area contributed by atoms with Crippen LogP contribution in [0.3, 0.4) is 0 Å². The van der Waals surface area contributed by atoms with E-state index in [4.69, 9.17) is 0 Å². The quantitative estimate of drug-likeness (QED) is 0.768. The molecule has 7 nitrogen and oxygen atoms in total. The zero-order valence-corrected chi connectivity index (χ0v) is 15.1. The molecule has 3 heterocycles. The van der Waals surface area contributed by atoms with Crippen molar-refractivity contribution in [2.24, 2.45) is 0 Å². The van der Waals surface area contributed by atoms with Gasteiger partial charge < -0.3 is 15.1 Å². The van der Waals surface area contributed by atoms with Gasteiger partial charge in [0, 0.05) is 56.1 Å². The number of benzene rings is 1. The molecule has 1 N–H and O–H groups in total. The average molecular weight is 368 g/mol. The van der Waals surface area contributed by atoms with E-state index >= 15 is 0 Å². The van der Waals surface area contributed by atoms with E-state index in [-0.39, 0.29) is 6.03 Å². The number of amides is 2. The van der Waals surface area contributed by atoms with E-state index in [0.29, 0.717) is 19.6 Å². The van der Waals surface area contributed by atoms with Crippen molar-refractivity contribution in [1.82, 2.24) is 25.0 Å². The average Bonchev–Trinajstić information content (AvgIpc) is 3.39. The summed E-state index contributed by atoms with van der Waals surface area (Å²) in [5.74, 6) is 0. The molecular weight excluding hydrogens is 348 g/mol. The van der Waals surface area contributed by atoms with Crippen LogP contribution in [-0.2, 0) is 6.54 Å². The molecule has 0 bridgehead atoms. The molecule has 0 spiro atoms. The van der Waals surface area contributed by atoms with Gasteiger partial charge in [0.2, 0.25) is 0 Å². The predicted molar refractivity (Wildman–Crippen MR) is 102 cm³/mol. The summed E-state index contributed by atoms with van der Waals surface area (Å²) in [6.45, 7) is 3.50. The maximum Gasteiger partial charge on any atom is 0.317 e. The zero-order chi connectivity index (χ0) is 17.8. The largest absolute Gasteiger partial charge is 0.345 e. The molecule has 1 aliphatic heterocycles. The Balaban J connectivity index is 1.28. The molecule has 0 aliphatic carbocycles. The van der Waals surface area contributed by atoms with Gasteiger partial charge in [-0.25, -0.2) is 14.5 Å². The summed E-state index contributed by atoms with van der Waals surface area (Å²) in [6, 6.07) is 9.89. The number of carbonyl (C=O) groups excluding carboxylic acids is 1. The van der Waals surface area contributed by atoms with Crippen molar-refractivity contribution in [3.8, 4) is 5.69 Å². The van der Waals surface area contributed by atoms with Crippen LogP contribution in [0.2, 0.25) is 0 Å². The van der Waals surface area contributed by atoms with Crippen LogP contribution in [0, 0.1) is 0 Å².